The molecule has 0 aromatic carbocycles. The van der Waals surface area contributed by atoms with Gasteiger partial charge in [-0.3, -0.25) is 14.9 Å². The predicted octanol–water partition coefficient (Wildman–Crippen LogP) is 1.91. The van der Waals surface area contributed by atoms with Crippen molar-refractivity contribution in [3.8, 4) is 0 Å². The fourth-order valence-electron chi connectivity index (χ4n) is 1.92. The zero-order valence-corrected chi connectivity index (χ0v) is 11.0. The molecule has 6 nitrogen and oxygen atoms in total. The Kier molecular flexibility index (Phi) is 3.36. The Morgan fingerprint density at radius 1 is 1.61 bits per heavy atom. The quantitative estimate of drug-likeness (QED) is 0.608. The number of carbonyl (C=O) groups is 1. The number of hydrogen-bond donors (Lipinski definition) is 0. The predicted molar refractivity (Wildman–Crippen MR) is 66.9 cm³/mol. The Morgan fingerprint density at radius 3 is 2.89 bits per heavy atom. The van der Waals surface area contributed by atoms with Gasteiger partial charge in [-0.15, -0.1) is 0 Å². The summed E-state index contributed by atoms with van der Waals surface area (Å²) in [6.45, 7) is 5.33. The standard InChI is InChI=1S/C11H14N2O4S/c1-11(2)7-17-4-3-12(11)10(14)8-5-9(13(15)16)18-6-8/h5-6H,3-4,7H2,1-2H3. The van der Waals surface area contributed by atoms with Gasteiger partial charge in [-0.25, -0.2) is 0 Å². The van der Waals surface area contributed by atoms with Crippen LogP contribution in [0.1, 0.15) is 24.2 Å². The molecule has 1 aromatic rings. The summed E-state index contributed by atoms with van der Waals surface area (Å²) in [4.78, 5) is 24.1. The molecule has 0 saturated carbocycles. The first-order valence-corrected chi connectivity index (χ1v) is 6.42. The van der Waals surface area contributed by atoms with Gasteiger partial charge in [-0.1, -0.05) is 11.3 Å². The minimum atomic E-state index is -0.480. The highest BCUT2D eigenvalue weighted by atomic mass is 32.1. The summed E-state index contributed by atoms with van der Waals surface area (Å²) in [5.74, 6) is -0.173. The molecule has 1 fully saturated rings. The van der Waals surface area contributed by atoms with Gasteiger partial charge in [0.1, 0.15) is 0 Å². The molecule has 0 N–H and O–H groups in total. The summed E-state index contributed by atoms with van der Waals surface area (Å²) in [5.41, 5.74) is -0.00634. The van der Waals surface area contributed by atoms with Gasteiger partial charge in [0.2, 0.25) is 0 Å². The van der Waals surface area contributed by atoms with Crippen LogP contribution >= 0.6 is 11.3 Å². The fourth-order valence-corrected chi connectivity index (χ4v) is 2.62. The van der Waals surface area contributed by atoms with Crippen molar-refractivity contribution in [2.24, 2.45) is 0 Å². The molecule has 0 aliphatic carbocycles. The van der Waals surface area contributed by atoms with E-state index in [2.05, 4.69) is 0 Å². The van der Waals surface area contributed by atoms with E-state index >= 15 is 0 Å². The van der Waals surface area contributed by atoms with E-state index in [-0.39, 0.29) is 16.4 Å². The summed E-state index contributed by atoms with van der Waals surface area (Å²) >= 11 is 0.972. The lowest BCUT2D eigenvalue weighted by atomic mass is 10.0. The van der Waals surface area contributed by atoms with Crippen molar-refractivity contribution in [3.63, 3.8) is 0 Å². The maximum Gasteiger partial charge on any atom is 0.324 e. The van der Waals surface area contributed by atoms with Gasteiger partial charge in [0.25, 0.3) is 5.91 Å². The second-order valence-corrected chi connectivity index (χ2v) is 5.64. The maximum atomic E-state index is 12.3. The highest BCUT2D eigenvalue weighted by Crippen LogP contribution is 2.27. The van der Waals surface area contributed by atoms with Crippen LogP contribution in [0.5, 0.6) is 0 Å². The van der Waals surface area contributed by atoms with Crippen molar-refractivity contribution < 1.29 is 14.5 Å². The van der Waals surface area contributed by atoms with Gasteiger partial charge < -0.3 is 9.64 Å². The molecule has 1 aliphatic heterocycles. The molecule has 0 atom stereocenters. The van der Waals surface area contributed by atoms with Crippen molar-refractivity contribution in [1.82, 2.24) is 4.90 Å². The number of amides is 1. The number of nitro groups is 1. The number of ether oxygens (including phenoxy) is 1. The van der Waals surface area contributed by atoms with E-state index in [1.54, 1.807) is 4.90 Å². The minimum absolute atomic E-state index is 0.00980. The molecule has 0 bridgehead atoms. The van der Waals surface area contributed by atoms with E-state index in [0.717, 1.165) is 11.3 Å². The number of rotatable bonds is 2. The van der Waals surface area contributed by atoms with Gasteiger partial charge in [0.15, 0.2) is 0 Å². The Balaban J connectivity index is 2.21. The molecule has 0 spiro atoms. The third-order valence-corrected chi connectivity index (χ3v) is 3.78. The average Bonchev–Trinajstić information content (AvgIpc) is 2.77. The molecular formula is C11H14N2O4S. The topological polar surface area (TPSA) is 72.7 Å². The summed E-state index contributed by atoms with van der Waals surface area (Å²) in [5, 5.41) is 12.1. The summed E-state index contributed by atoms with van der Waals surface area (Å²) in [6.07, 6.45) is 0. The lowest BCUT2D eigenvalue weighted by Crippen LogP contribution is -2.55. The zero-order chi connectivity index (χ0) is 13.3. The van der Waals surface area contributed by atoms with Crippen LogP contribution in [0.4, 0.5) is 5.00 Å². The molecule has 7 heteroatoms. The highest BCUT2D eigenvalue weighted by molar-refractivity contribution is 7.13. The molecule has 1 aromatic heterocycles. The molecule has 0 radical (unpaired) electrons. The van der Waals surface area contributed by atoms with Gasteiger partial charge in [0.05, 0.1) is 29.2 Å². The summed E-state index contributed by atoms with van der Waals surface area (Å²) in [7, 11) is 0. The van der Waals surface area contributed by atoms with Gasteiger partial charge in [-0.05, 0) is 13.8 Å². The molecule has 1 saturated heterocycles. The second kappa shape index (κ2) is 4.66. The van der Waals surface area contributed by atoms with Crippen molar-refractivity contribution in [3.05, 3.63) is 27.1 Å². The Morgan fingerprint density at radius 2 is 2.33 bits per heavy atom. The van der Waals surface area contributed by atoms with Crippen molar-refractivity contribution in [2.75, 3.05) is 19.8 Å². The molecule has 1 amide bonds. The number of morpholine rings is 1. The van der Waals surface area contributed by atoms with Crippen LogP contribution in [-0.2, 0) is 4.74 Å². The van der Waals surface area contributed by atoms with Gasteiger partial charge >= 0.3 is 5.00 Å². The number of carbonyl (C=O) groups excluding carboxylic acids is 1. The van der Waals surface area contributed by atoms with E-state index in [4.69, 9.17) is 4.74 Å². The van der Waals surface area contributed by atoms with E-state index in [9.17, 15) is 14.9 Å². The van der Waals surface area contributed by atoms with Crippen LogP contribution in [0.25, 0.3) is 0 Å². The molecule has 18 heavy (non-hydrogen) atoms. The van der Waals surface area contributed by atoms with Crippen LogP contribution in [0.2, 0.25) is 0 Å². The van der Waals surface area contributed by atoms with Crippen LogP contribution in [0.3, 0.4) is 0 Å². The van der Waals surface area contributed by atoms with Gasteiger partial charge in [0, 0.05) is 18.0 Å². The first kappa shape index (κ1) is 13.0. The Hall–Kier alpha value is -1.47. The van der Waals surface area contributed by atoms with Crippen molar-refractivity contribution in [1.29, 1.82) is 0 Å². The smallest absolute Gasteiger partial charge is 0.324 e. The SMILES string of the molecule is CC1(C)COCCN1C(=O)c1csc([N+](=O)[O-])c1. The molecule has 1 aliphatic rings. The van der Waals surface area contributed by atoms with E-state index in [1.807, 2.05) is 13.8 Å². The fraction of sp³-hybridized carbons (Fsp3) is 0.545. The van der Waals surface area contributed by atoms with E-state index in [1.165, 1.54) is 11.4 Å². The Bertz CT molecular complexity index is 483. The third kappa shape index (κ3) is 2.37. The van der Waals surface area contributed by atoms with Crippen LogP contribution in [0, 0.1) is 10.1 Å². The normalized spacial score (nSPS) is 18.7. The van der Waals surface area contributed by atoms with E-state index in [0.29, 0.717) is 25.3 Å². The van der Waals surface area contributed by atoms with E-state index < -0.39 is 4.92 Å². The lowest BCUT2D eigenvalue weighted by Gasteiger charge is -2.41. The number of thiophene rings is 1. The molecule has 98 valence electrons. The highest BCUT2D eigenvalue weighted by Gasteiger charge is 2.35. The second-order valence-electron chi connectivity index (χ2n) is 4.75. The summed E-state index contributed by atoms with van der Waals surface area (Å²) in [6, 6.07) is 1.33. The van der Waals surface area contributed by atoms with Crippen molar-refractivity contribution in [2.45, 2.75) is 19.4 Å². The van der Waals surface area contributed by atoms with Crippen LogP contribution in [-0.4, -0.2) is 41.0 Å². The molecule has 0 unspecified atom stereocenters. The monoisotopic (exact) mass is 270 g/mol. The molecular weight excluding hydrogens is 256 g/mol. The Labute approximate surface area is 108 Å². The van der Waals surface area contributed by atoms with Gasteiger partial charge in [-0.2, -0.15) is 0 Å². The lowest BCUT2D eigenvalue weighted by molar-refractivity contribution is -0.380. The molecule has 2 rings (SSSR count). The zero-order valence-electron chi connectivity index (χ0n) is 10.2. The average molecular weight is 270 g/mol. The molecule has 2 heterocycles. The van der Waals surface area contributed by atoms with Crippen molar-refractivity contribution >= 4 is 22.2 Å². The third-order valence-electron chi connectivity index (χ3n) is 2.90. The minimum Gasteiger partial charge on any atom is -0.377 e. The largest absolute Gasteiger partial charge is 0.377 e. The first-order valence-electron chi connectivity index (χ1n) is 5.54. The van der Waals surface area contributed by atoms with Crippen LogP contribution in [0.15, 0.2) is 11.4 Å². The summed E-state index contributed by atoms with van der Waals surface area (Å²) < 4.78 is 5.34. The number of hydrogen-bond acceptors (Lipinski definition) is 5. The maximum absolute atomic E-state index is 12.3. The first-order chi connectivity index (χ1) is 8.42. The van der Waals surface area contributed by atoms with Crippen LogP contribution < -0.4 is 0 Å². The number of nitrogens with zero attached hydrogens (tertiary/aromatic N) is 2.